The molecular weight excluding hydrogens is 130 g/mol. The van der Waals surface area contributed by atoms with Crippen LogP contribution in [0.3, 0.4) is 0 Å². The lowest BCUT2D eigenvalue weighted by Gasteiger charge is -2.42. The maximum Gasteiger partial charge on any atom is 0.324 e. The van der Waals surface area contributed by atoms with Crippen LogP contribution in [-0.4, -0.2) is 23.2 Å². The fraction of sp³-hybridized carbons (Fsp3) is 0.857. The molecule has 0 aromatic heterocycles. The molecule has 0 unspecified atom stereocenters. The average molecular weight is 143 g/mol. The molecule has 58 valence electrons. The van der Waals surface area contributed by atoms with Gasteiger partial charge < -0.3 is 10.4 Å². The van der Waals surface area contributed by atoms with E-state index in [4.69, 9.17) is 5.11 Å². The predicted molar refractivity (Wildman–Crippen MR) is 37.8 cm³/mol. The highest BCUT2D eigenvalue weighted by molar-refractivity contribution is 5.80. The third-order valence-electron chi connectivity index (χ3n) is 2.33. The van der Waals surface area contributed by atoms with Crippen molar-refractivity contribution in [1.29, 1.82) is 0 Å². The van der Waals surface area contributed by atoms with Gasteiger partial charge in [-0.1, -0.05) is 13.8 Å². The molecule has 0 aliphatic carbocycles. The Labute approximate surface area is 60.4 Å². The van der Waals surface area contributed by atoms with Gasteiger partial charge in [0.15, 0.2) is 0 Å². The van der Waals surface area contributed by atoms with Crippen molar-refractivity contribution in [2.45, 2.75) is 25.8 Å². The summed E-state index contributed by atoms with van der Waals surface area (Å²) in [5.41, 5.74) is -0.611. The van der Waals surface area contributed by atoms with Gasteiger partial charge in [-0.15, -0.1) is 0 Å². The standard InChI is InChI=1S/C7H13NO2/c1-5(2)7(6(9)10)3-4-8-7/h5,8H,3-4H2,1-2H3,(H,9,10)/t7-/m0/s1. The molecular formula is C7H13NO2. The van der Waals surface area contributed by atoms with E-state index in [1.165, 1.54) is 0 Å². The number of nitrogens with one attached hydrogen (secondary N) is 1. The molecule has 1 heterocycles. The third kappa shape index (κ3) is 0.814. The quantitative estimate of drug-likeness (QED) is 0.590. The maximum atomic E-state index is 10.7. The van der Waals surface area contributed by atoms with Gasteiger partial charge in [-0.25, -0.2) is 0 Å². The van der Waals surface area contributed by atoms with Crippen LogP contribution in [-0.2, 0) is 4.79 Å². The zero-order valence-electron chi connectivity index (χ0n) is 6.35. The van der Waals surface area contributed by atoms with Crippen LogP contribution in [0.25, 0.3) is 0 Å². The van der Waals surface area contributed by atoms with E-state index >= 15 is 0 Å². The second-order valence-corrected chi connectivity index (χ2v) is 3.11. The first kappa shape index (κ1) is 7.54. The second-order valence-electron chi connectivity index (χ2n) is 3.11. The number of carboxylic acid groups (broad SMARTS) is 1. The summed E-state index contributed by atoms with van der Waals surface area (Å²) in [6.45, 7) is 4.70. The summed E-state index contributed by atoms with van der Waals surface area (Å²) >= 11 is 0. The lowest BCUT2D eigenvalue weighted by molar-refractivity contribution is -0.150. The van der Waals surface area contributed by atoms with E-state index in [9.17, 15) is 4.79 Å². The van der Waals surface area contributed by atoms with E-state index in [0.29, 0.717) is 0 Å². The van der Waals surface area contributed by atoms with Crippen molar-refractivity contribution in [1.82, 2.24) is 5.32 Å². The first-order valence-electron chi connectivity index (χ1n) is 3.58. The van der Waals surface area contributed by atoms with E-state index in [1.807, 2.05) is 13.8 Å². The molecule has 0 bridgehead atoms. The largest absolute Gasteiger partial charge is 0.480 e. The Morgan fingerprint density at radius 2 is 2.20 bits per heavy atom. The Hall–Kier alpha value is -0.570. The molecule has 0 aromatic carbocycles. The Balaban J connectivity index is 2.68. The Kier molecular flexibility index (Phi) is 1.68. The average Bonchev–Trinajstić information content (AvgIpc) is 1.57. The van der Waals surface area contributed by atoms with E-state index in [-0.39, 0.29) is 5.92 Å². The SMILES string of the molecule is CC(C)[C@]1(C(=O)O)CCN1. The van der Waals surface area contributed by atoms with Crippen molar-refractivity contribution in [3.63, 3.8) is 0 Å². The van der Waals surface area contributed by atoms with Gasteiger partial charge in [0.05, 0.1) is 0 Å². The molecule has 1 rings (SSSR count). The molecule has 1 saturated heterocycles. The monoisotopic (exact) mass is 143 g/mol. The first-order chi connectivity index (χ1) is 4.59. The number of hydrogen-bond donors (Lipinski definition) is 2. The molecule has 0 radical (unpaired) electrons. The lowest BCUT2D eigenvalue weighted by Crippen LogP contribution is -2.65. The molecule has 3 heteroatoms. The van der Waals surface area contributed by atoms with Crippen molar-refractivity contribution in [3.8, 4) is 0 Å². The summed E-state index contributed by atoms with van der Waals surface area (Å²) in [7, 11) is 0. The van der Waals surface area contributed by atoms with E-state index in [0.717, 1.165) is 13.0 Å². The van der Waals surface area contributed by atoms with Gasteiger partial charge in [-0.2, -0.15) is 0 Å². The van der Waals surface area contributed by atoms with Crippen LogP contribution in [0.15, 0.2) is 0 Å². The Bertz CT molecular complexity index is 150. The lowest BCUT2D eigenvalue weighted by atomic mass is 9.78. The summed E-state index contributed by atoms with van der Waals surface area (Å²) in [6, 6.07) is 0. The van der Waals surface area contributed by atoms with E-state index in [1.54, 1.807) is 0 Å². The number of carboxylic acids is 1. The minimum Gasteiger partial charge on any atom is -0.480 e. The van der Waals surface area contributed by atoms with Gasteiger partial charge in [0, 0.05) is 0 Å². The predicted octanol–water partition coefficient (Wildman–Crippen LogP) is 0.459. The van der Waals surface area contributed by atoms with Crippen LogP contribution in [0.1, 0.15) is 20.3 Å². The van der Waals surface area contributed by atoms with Crippen LogP contribution in [0, 0.1) is 5.92 Å². The highest BCUT2D eigenvalue weighted by atomic mass is 16.4. The highest BCUT2D eigenvalue weighted by Gasteiger charge is 2.46. The van der Waals surface area contributed by atoms with E-state index < -0.39 is 11.5 Å². The van der Waals surface area contributed by atoms with Crippen molar-refractivity contribution < 1.29 is 9.90 Å². The molecule has 10 heavy (non-hydrogen) atoms. The molecule has 1 aliphatic heterocycles. The molecule has 3 nitrogen and oxygen atoms in total. The number of carbonyl (C=O) groups is 1. The zero-order chi connectivity index (χ0) is 7.78. The number of aliphatic carboxylic acids is 1. The fourth-order valence-electron chi connectivity index (χ4n) is 1.32. The van der Waals surface area contributed by atoms with Crippen LogP contribution < -0.4 is 5.32 Å². The molecule has 0 spiro atoms. The molecule has 1 aliphatic rings. The van der Waals surface area contributed by atoms with Gasteiger partial charge in [-0.05, 0) is 18.9 Å². The maximum absolute atomic E-state index is 10.7. The molecule has 2 N–H and O–H groups in total. The molecule has 0 aromatic rings. The summed E-state index contributed by atoms with van der Waals surface area (Å²) in [6.07, 6.45) is 0.764. The Morgan fingerprint density at radius 3 is 2.20 bits per heavy atom. The van der Waals surface area contributed by atoms with Gasteiger partial charge in [0.2, 0.25) is 0 Å². The van der Waals surface area contributed by atoms with Crippen LogP contribution in [0.5, 0.6) is 0 Å². The van der Waals surface area contributed by atoms with Crippen molar-refractivity contribution in [3.05, 3.63) is 0 Å². The second kappa shape index (κ2) is 2.23. The van der Waals surface area contributed by atoms with Crippen LogP contribution >= 0.6 is 0 Å². The summed E-state index contributed by atoms with van der Waals surface area (Å²) < 4.78 is 0. The summed E-state index contributed by atoms with van der Waals surface area (Å²) in [5.74, 6) is -0.535. The minimum atomic E-state index is -0.714. The van der Waals surface area contributed by atoms with Crippen molar-refractivity contribution in [2.75, 3.05) is 6.54 Å². The zero-order valence-corrected chi connectivity index (χ0v) is 6.35. The van der Waals surface area contributed by atoms with Gasteiger partial charge in [0.25, 0.3) is 0 Å². The van der Waals surface area contributed by atoms with E-state index in [2.05, 4.69) is 5.32 Å². The van der Waals surface area contributed by atoms with Gasteiger partial charge in [0.1, 0.15) is 5.54 Å². The van der Waals surface area contributed by atoms with Gasteiger partial charge in [-0.3, -0.25) is 4.79 Å². The van der Waals surface area contributed by atoms with Crippen molar-refractivity contribution >= 4 is 5.97 Å². The molecule has 1 fully saturated rings. The van der Waals surface area contributed by atoms with Crippen molar-refractivity contribution in [2.24, 2.45) is 5.92 Å². The smallest absolute Gasteiger partial charge is 0.324 e. The molecule has 0 saturated carbocycles. The third-order valence-corrected chi connectivity index (χ3v) is 2.33. The van der Waals surface area contributed by atoms with Crippen LogP contribution in [0.4, 0.5) is 0 Å². The minimum absolute atomic E-state index is 0.179. The molecule has 1 atom stereocenters. The first-order valence-corrected chi connectivity index (χ1v) is 3.58. The fourth-order valence-corrected chi connectivity index (χ4v) is 1.32. The topological polar surface area (TPSA) is 49.3 Å². The highest BCUT2D eigenvalue weighted by Crippen LogP contribution is 2.27. The summed E-state index contributed by atoms with van der Waals surface area (Å²) in [4.78, 5) is 10.7. The summed E-state index contributed by atoms with van der Waals surface area (Å²) in [5, 5.41) is 11.8. The normalized spacial score (nSPS) is 31.9. The van der Waals surface area contributed by atoms with Crippen LogP contribution in [0.2, 0.25) is 0 Å². The Morgan fingerprint density at radius 1 is 1.70 bits per heavy atom. The van der Waals surface area contributed by atoms with Gasteiger partial charge >= 0.3 is 5.97 Å². The molecule has 0 amide bonds. The number of rotatable bonds is 2. The number of hydrogen-bond acceptors (Lipinski definition) is 2.